The molecule has 1 aliphatic heterocycles. The average molecular weight is 369 g/mol. The highest BCUT2D eigenvalue weighted by molar-refractivity contribution is 6.06. The number of carbonyl (C=O) groups excluding carboxylic acids is 1. The summed E-state index contributed by atoms with van der Waals surface area (Å²) in [5, 5.41) is 12.7. The van der Waals surface area contributed by atoms with Crippen LogP contribution >= 0.6 is 0 Å². The average Bonchev–Trinajstić information content (AvgIpc) is 2.70. The van der Waals surface area contributed by atoms with Crippen LogP contribution in [0.15, 0.2) is 42.5 Å². The van der Waals surface area contributed by atoms with E-state index in [4.69, 9.17) is 4.74 Å². The van der Waals surface area contributed by atoms with E-state index >= 15 is 0 Å². The molecule has 2 N–H and O–H groups in total. The molecule has 6 heteroatoms. The number of methoxy groups -OCH3 is 1. The number of benzene rings is 2. The summed E-state index contributed by atoms with van der Waals surface area (Å²) in [6, 6.07) is 12.4. The van der Waals surface area contributed by atoms with Crippen molar-refractivity contribution in [3.8, 4) is 11.5 Å². The number of hydrogen-bond acceptors (Lipinski definition) is 5. The van der Waals surface area contributed by atoms with Gasteiger partial charge in [-0.1, -0.05) is 19.1 Å². The first-order valence-electron chi connectivity index (χ1n) is 9.31. The third-order valence-electron chi connectivity index (χ3n) is 4.98. The van der Waals surface area contributed by atoms with Crippen molar-refractivity contribution in [3.63, 3.8) is 0 Å². The molecule has 0 spiro atoms. The molecule has 144 valence electrons. The standard InChI is InChI=1S/C21H27N3O3/c1-3-23-10-12-24(13-11-23)15-16-4-6-17(7-5-16)22-21(26)19-14-18(27-2)8-9-20(19)25/h4-9,14,25H,3,10-13,15H2,1-2H3,(H,22,26). The van der Waals surface area contributed by atoms with Gasteiger partial charge in [-0.2, -0.15) is 0 Å². The summed E-state index contributed by atoms with van der Waals surface area (Å²) >= 11 is 0. The van der Waals surface area contributed by atoms with Gasteiger partial charge >= 0.3 is 0 Å². The van der Waals surface area contributed by atoms with Gasteiger partial charge in [-0.25, -0.2) is 0 Å². The Hall–Kier alpha value is -2.57. The molecular weight excluding hydrogens is 342 g/mol. The van der Waals surface area contributed by atoms with Gasteiger partial charge in [-0.3, -0.25) is 9.69 Å². The van der Waals surface area contributed by atoms with Gasteiger partial charge in [-0.05, 0) is 42.4 Å². The van der Waals surface area contributed by atoms with E-state index in [0.29, 0.717) is 11.4 Å². The van der Waals surface area contributed by atoms with Gasteiger partial charge in [0, 0.05) is 38.4 Å². The predicted molar refractivity (Wildman–Crippen MR) is 106 cm³/mol. The number of phenolic OH excluding ortho intramolecular Hbond substituents is 1. The summed E-state index contributed by atoms with van der Waals surface area (Å²) in [6.07, 6.45) is 0. The third kappa shape index (κ3) is 4.99. The zero-order chi connectivity index (χ0) is 19.2. The first-order chi connectivity index (χ1) is 13.1. The second-order valence-corrected chi connectivity index (χ2v) is 6.74. The van der Waals surface area contributed by atoms with Crippen molar-refractivity contribution >= 4 is 11.6 Å². The topological polar surface area (TPSA) is 65.0 Å². The van der Waals surface area contributed by atoms with E-state index in [1.165, 1.54) is 24.8 Å². The van der Waals surface area contributed by atoms with Gasteiger partial charge in [0.25, 0.3) is 5.91 Å². The number of rotatable bonds is 6. The molecule has 0 atom stereocenters. The fourth-order valence-electron chi connectivity index (χ4n) is 3.24. The lowest BCUT2D eigenvalue weighted by Crippen LogP contribution is -2.45. The van der Waals surface area contributed by atoms with Crippen molar-refractivity contribution in [2.75, 3.05) is 45.2 Å². The van der Waals surface area contributed by atoms with E-state index in [0.717, 1.165) is 39.3 Å². The molecule has 0 radical (unpaired) electrons. The molecule has 1 heterocycles. The van der Waals surface area contributed by atoms with Crippen LogP contribution in [0.4, 0.5) is 5.69 Å². The molecule has 27 heavy (non-hydrogen) atoms. The van der Waals surface area contributed by atoms with Crippen LogP contribution in [-0.4, -0.2) is 60.6 Å². The maximum absolute atomic E-state index is 12.4. The minimum Gasteiger partial charge on any atom is -0.507 e. The largest absolute Gasteiger partial charge is 0.507 e. The van der Waals surface area contributed by atoms with Gasteiger partial charge in [0.05, 0.1) is 12.7 Å². The normalized spacial score (nSPS) is 15.5. The van der Waals surface area contributed by atoms with Crippen LogP contribution in [0.2, 0.25) is 0 Å². The summed E-state index contributed by atoms with van der Waals surface area (Å²) in [6.45, 7) is 8.65. The number of amides is 1. The number of hydrogen-bond donors (Lipinski definition) is 2. The fraction of sp³-hybridized carbons (Fsp3) is 0.381. The highest BCUT2D eigenvalue weighted by Gasteiger charge is 2.16. The van der Waals surface area contributed by atoms with Crippen molar-refractivity contribution in [1.29, 1.82) is 0 Å². The van der Waals surface area contributed by atoms with E-state index in [1.807, 2.05) is 24.3 Å². The van der Waals surface area contributed by atoms with Crippen LogP contribution in [0.3, 0.4) is 0 Å². The molecule has 0 aromatic heterocycles. The molecule has 1 amide bonds. The second-order valence-electron chi connectivity index (χ2n) is 6.74. The van der Waals surface area contributed by atoms with E-state index in [9.17, 15) is 9.90 Å². The molecule has 1 aliphatic rings. The highest BCUT2D eigenvalue weighted by atomic mass is 16.5. The molecule has 0 saturated carbocycles. The maximum Gasteiger partial charge on any atom is 0.259 e. The zero-order valence-corrected chi connectivity index (χ0v) is 15.9. The smallest absolute Gasteiger partial charge is 0.259 e. The Morgan fingerprint density at radius 2 is 1.74 bits per heavy atom. The summed E-state index contributed by atoms with van der Waals surface area (Å²) in [7, 11) is 1.52. The lowest BCUT2D eigenvalue weighted by atomic mass is 10.1. The second kappa shape index (κ2) is 8.88. The SMILES string of the molecule is CCN1CCN(Cc2ccc(NC(=O)c3cc(OC)ccc3O)cc2)CC1. The number of carbonyl (C=O) groups is 1. The van der Waals surface area contributed by atoms with Crippen molar-refractivity contribution < 1.29 is 14.6 Å². The summed E-state index contributed by atoms with van der Waals surface area (Å²) < 4.78 is 5.11. The number of aromatic hydroxyl groups is 1. The van der Waals surface area contributed by atoms with Crippen molar-refractivity contribution in [2.45, 2.75) is 13.5 Å². The molecule has 0 aliphatic carbocycles. The van der Waals surface area contributed by atoms with Gasteiger partial charge in [0.2, 0.25) is 0 Å². The van der Waals surface area contributed by atoms with Crippen molar-refractivity contribution in [3.05, 3.63) is 53.6 Å². The molecule has 6 nitrogen and oxygen atoms in total. The summed E-state index contributed by atoms with van der Waals surface area (Å²) in [5.74, 6) is 0.0856. The number of anilines is 1. The Bertz CT molecular complexity index is 769. The van der Waals surface area contributed by atoms with Crippen LogP contribution in [0, 0.1) is 0 Å². The van der Waals surface area contributed by atoms with Crippen LogP contribution < -0.4 is 10.1 Å². The Morgan fingerprint density at radius 1 is 1.07 bits per heavy atom. The third-order valence-corrected chi connectivity index (χ3v) is 4.98. The Morgan fingerprint density at radius 3 is 2.37 bits per heavy atom. The number of piperazine rings is 1. The van der Waals surface area contributed by atoms with Gasteiger partial charge in [0.1, 0.15) is 11.5 Å². The minimum absolute atomic E-state index is 0.0730. The van der Waals surface area contributed by atoms with Crippen LogP contribution in [0.5, 0.6) is 11.5 Å². The zero-order valence-electron chi connectivity index (χ0n) is 15.9. The molecular formula is C21H27N3O3. The van der Waals surface area contributed by atoms with Crippen molar-refractivity contribution in [1.82, 2.24) is 9.80 Å². The molecule has 0 unspecified atom stereocenters. The Balaban J connectivity index is 1.58. The maximum atomic E-state index is 12.4. The number of nitrogens with one attached hydrogen (secondary N) is 1. The first kappa shape index (κ1) is 19.2. The monoisotopic (exact) mass is 369 g/mol. The Labute approximate surface area is 160 Å². The minimum atomic E-state index is -0.366. The van der Waals surface area contributed by atoms with E-state index in [1.54, 1.807) is 6.07 Å². The fourth-order valence-corrected chi connectivity index (χ4v) is 3.24. The summed E-state index contributed by atoms with van der Waals surface area (Å²) in [4.78, 5) is 17.3. The van der Waals surface area contributed by atoms with Crippen LogP contribution in [0.1, 0.15) is 22.8 Å². The van der Waals surface area contributed by atoms with Crippen LogP contribution in [0.25, 0.3) is 0 Å². The molecule has 0 bridgehead atoms. The molecule has 2 aromatic rings. The van der Waals surface area contributed by atoms with Crippen LogP contribution in [-0.2, 0) is 6.54 Å². The van der Waals surface area contributed by atoms with Gasteiger partial charge in [-0.15, -0.1) is 0 Å². The predicted octanol–water partition coefficient (Wildman–Crippen LogP) is 2.79. The molecule has 2 aromatic carbocycles. The number of ether oxygens (including phenoxy) is 1. The molecule has 3 rings (SSSR count). The van der Waals surface area contributed by atoms with E-state index < -0.39 is 0 Å². The van der Waals surface area contributed by atoms with Gasteiger partial charge in [0.15, 0.2) is 0 Å². The lowest BCUT2D eigenvalue weighted by Gasteiger charge is -2.34. The van der Waals surface area contributed by atoms with E-state index in [-0.39, 0.29) is 17.2 Å². The molecule has 1 saturated heterocycles. The molecule has 1 fully saturated rings. The first-order valence-corrected chi connectivity index (χ1v) is 9.31. The Kier molecular flexibility index (Phi) is 6.32. The summed E-state index contributed by atoms with van der Waals surface area (Å²) in [5.41, 5.74) is 2.11. The van der Waals surface area contributed by atoms with Crippen molar-refractivity contribution in [2.24, 2.45) is 0 Å². The van der Waals surface area contributed by atoms with E-state index in [2.05, 4.69) is 22.0 Å². The number of likely N-dealkylation sites (N-methyl/N-ethyl adjacent to an activating group) is 1. The quantitative estimate of drug-likeness (QED) is 0.820. The van der Waals surface area contributed by atoms with Gasteiger partial charge < -0.3 is 20.1 Å². The lowest BCUT2D eigenvalue weighted by molar-refractivity contribution is 0.102. The number of phenols is 1. The highest BCUT2D eigenvalue weighted by Crippen LogP contribution is 2.24. The number of nitrogens with zero attached hydrogens (tertiary/aromatic N) is 2.